The van der Waals surface area contributed by atoms with Gasteiger partial charge in [-0.25, -0.2) is 4.79 Å². The molecular formula is C17H19Cl2NO3. The third-order valence-electron chi connectivity index (χ3n) is 4.62. The maximum atomic E-state index is 12.7. The van der Waals surface area contributed by atoms with E-state index >= 15 is 0 Å². The SMILES string of the molecule is CC(C)C1=NOC2(C(=O)OCc3c(Cl)cccc3Cl)CCCC12. The summed E-state index contributed by atoms with van der Waals surface area (Å²) in [4.78, 5) is 18.3. The van der Waals surface area contributed by atoms with Crippen molar-refractivity contribution in [3.8, 4) is 0 Å². The Morgan fingerprint density at radius 3 is 2.78 bits per heavy atom. The normalized spacial score (nSPS) is 26.0. The van der Waals surface area contributed by atoms with Crippen LogP contribution in [0.5, 0.6) is 0 Å². The molecule has 0 aromatic heterocycles. The molecule has 1 aromatic carbocycles. The van der Waals surface area contributed by atoms with Crippen molar-refractivity contribution < 1.29 is 14.4 Å². The van der Waals surface area contributed by atoms with E-state index in [0.717, 1.165) is 18.6 Å². The Bertz CT molecular complexity index is 639. The van der Waals surface area contributed by atoms with Crippen LogP contribution in [0.15, 0.2) is 23.4 Å². The second kappa shape index (κ2) is 6.33. The largest absolute Gasteiger partial charge is 0.458 e. The van der Waals surface area contributed by atoms with Crippen LogP contribution >= 0.6 is 23.2 Å². The van der Waals surface area contributed by atoms with Gasteiger partial charge in [-0.15, -0.1) is 0 Å². The van der Waals surface area contributed by atoms with E-state index < -0.39 is 5.60 Å². The van der Waals surface area contributed by atoms with Crippen LogP contribution < -0.4 is 0 Å². The summed E-state index contributed by atoms with van der Waals surface area (Å²) in [6.45, 7) is 4.16. The van der Waals surface area contributed by atoms with E-state index in [1.54, 1.807) is 18.2 Å². The van der Waals surface area contributed by atoms with Crippen LogP contribution in [-0.4, -0.2) is 17.3 Å². The summed E-state index contributed by atoms with van der Waals surface area (Å²) in [6, 6.07) is 5.20. The number of hydrogen-bond donors (Lipinski definition) is 0. The van der Waals surface area contributed by atoms with E-state index in [1.807, 2.05) is 0 Å². The Kier molecular flexibility index (Phi) is 4.56. The Labute approximate surface area is 145 Å². The first kappa shape index (κ1) is 16.6. The van der Waals surface area contributed by atoms with Crippen LogP contribution in [0, 0.1) is 11.8 Å². The first-order valence-corrected chi connectivity index (χ1v) is 8.57. The quantitative estimate of drug-likeness (QED) is 0.740. The number of nitrogens with zero attached hydrogens (tertiary/aromatic N) is 1. The molecule has 4 nitrogen and oxygen atoms in total. The van der Waals surface area contributed by atoms with E-state index in [-0.39, 0.29) is 24.4 Å². The first-order valence-electron chi connectivity index (χ1n) is 7.82. The number of hydrogen-bond acceptors (Lipinski definition) is 4. The van der Waals surface area contributed by atoms with E-state index in [1.165, 1.54) is 0 Å². The Morgan fingerprint density at radius 1 is 1.43 bits per heavy atom. The molecule has 0 N–H and O–H groups in total. The summed E-state index contributed by atoms with van der Waals surface area (Å²) >= 11 is 12.2. The lowest BCUT2D eigenvalue weighted by molar-refractivity contribution is -0.173. The van der Waals surface area contributed by atoms with Gasteiger partial charge in [-0.05, 0) is 30.9 Å². The second-order valence-corrected chi connectivity index (χ2v) is 7.19. The molecule has 2 atom stereocenters. The summed E-state index contributed by atoms with van der Waals surface area (Å²) in [5.41, 5.74) is 0.598. The van der Waals surface area contributed by atoms with Gasteiger partial charge < -0.3 is 9.57 Å². The number of benzene rings is 1. The zero-order chi connectivity index (χ0) is 16.6. The van der Waals surface area contributed by atoms with Gasteiger partial charge >= 0.3 is 5.97 Å². The van der Waals surface area contributed by atoms with E-state index in [9.17, 15) is 4.79 Å². The molecule has 6 heteroatoms. The van der Waals surface area contributed by atoms with Gasteiger partial charge in [0, 0.05) is 22.0 Å². The maximum absolute atomic E-state index is 12.7. The van der Waals surface area contributed by atoms with E-state index in [0.29, 0.717) is 22.0 Å². The molecule has 1 aromatic rings. The number of halogens is 2. The fraction of sp³-hybridized carbons (Fsp3) is 0.529. The van der Waals surface area contributed by atoms with Gasteiger partial charge in [0.15, 0.2) is 0 Å². The van der Waals surface area contributed by atoms with Crippen LogP contribution in [0.3, 0.4) is 0 Å². The van der Waals surface area contributed by atoms with Gasteiger partial charge in [0.05, 0.1) is 11.6 Å². The molecule has 0 amide bonds. The monoisotopic (exact) mass is 355 g/mol. The van der Waals surface area contributed by atoms with Crippen molar-refractivity contribution in [1.82, 2.24) is 0 Å². The molecule has 1 saturated carbocycles. The predicted octanol–water partition coefficient (Wildman–Crippen LogP) is 4.62. The fourth-order valence-corrected chi connectivity index (χ4v) is 3.90. The minimum Gasteiger partial charge on any atom is -0.458 e. The molecule has 0 saturated heterocycles. The molecule has 124 valence electrons. The molecule has 1 aliphatic heterocycles. The summed E-state index contributed by atoms with van der Waals surface area (Å²) < 4.78 is 5.50. The van der Waals surface area contributed by atoms with Crippen molar-refractivity contribution in [3.63, 3.8) is 0 Å². The van der Waals surface area contributed by atoms with Gasteiger partial charge in [-0.1, -0.05) is 48.3 Å². The molecule has 23 heavy (non-hydrogen) atoms. The van der Waals surface area contributed by atoms with Gasteiger partial charge in [-0.2, -0.15) is 0 Å². The third kappa shape index (κ3) is 2.83. The number of oxime groups is 1. The minimum atomic E-state index is -0.965. The molecule has 2 unspecified atom stereocenters. The highest BCUT2D eigenvalue weighted by molar-refractivity contribution is 6.35. The molecular weight excluding hydrogens is 337 g/mol. The van der Waals surface area contributed by atoms with Crippen molar-refractivity contribution in [2.24, 2.45) is 17.0 Å². The van der Waals surface area contributed by atoms with Crippen molar-refractivity contribution in [2.45, 2.75) is 45.3 Å². The smallest absolute Gasteiger partial charge is 0.354 e. The predicted molar refractivity (Wildman–Crippen MR) is 89.7 cm³/mol. The summed E-state index contributed by atoms with van der Waals surface area (Å²) in [6.07, 6.45) is 2.46. The summed E-state index contributed by atoms with van der Waals surface area (Å²) in [5, 5.41) is 5.13. The number of rotatable bonds is 4. The van der Waals surface area contributed by atoms with Gasteiger partial charge in [0.25, 0.3) is 0 Å². The van der Waals surface area contributed by atoms with Crippen LogP contribution in [0.1, 0.15) is 38.7 Å². The standard InChI is InChI=1S/C17H19Cl2NO3/c1-10(2)15-12-5-4-8-17(12,23-20-15)16(21)22-9-11-13(18)6-3-7-14(11)19/h3,6-7,10,12H,4-5,8-9H2,1-2H3. The minimum absolute atomic E-state index is 0.0108. The highest BCUT2D eigenvalue weighted by Crippen LogP contribution is 2.46. The molecule has 3 rings (SSSR count). The van der Waals surface area contributed by atoms with Gasteiger partial charge in [0.1, 0.15) is 6.61 Å². The second-order valence-electron chi connectivity index (χ2n) is 6.37. The number of fused-ring (bicyclic) bond motifs is 1. The zero-order valence-electron chi connectivity index (χ0n) is 13.1. The van der Waals surface area contributed by atoms with Gasteiger partial charge in [0.2, 0.25) is 5.60 Å². The lowest BCUT2D eigenvalue weighted by Crippen LogP contribution is -2.44. The van der Waals surface area contributed by atoms with Crippen molar-refractivity contribution >= 4 is 34.9 Å². The average molecular weight is 356 g/mol. The topological polar surface area (TPSA) is 47.9 Å². The molecule has 1 heterocycles. The summed E-state index contributed by atoms with van der Waals surface area (Å²) in [5.74, 6) is -0.113. The van der Waals surface area contributed by atoms with Crippen molar-refractivity contribution in [2.75, 3.05) is 0 Å². The number of carbonyl (C=O) groups is 1. The number of carbonyl (C=O) groups excluding carboxylic acids is 1. The summed E-state index contributed by atoms with van der Waals surface area (Å²) in [7, 11) is 0. The van der Waals surface area contributed by atoms with Crippen LogP contribution in [-0.2, 0) is 21.0 Å². The fourth-order valence-electron chi connectivity index (χ4n) is 3.39. The maximum Gasteiger partial charge on any atom is 0.354 e. The molecule has 1 aliphatic carbocycles. The highest BCUT2D eigenvalue weighted by atomic mass is 35.5. The highest BCUT2D eigenvalue weighted by Gasteiger charge is 2.59. The Hall–Kier alpha value is -1.26. The van der Waals surface area contributed by atoms with E-state index in [2.05, 4.69) is 19.0 Å². The van der Waals surface area contributed by atoms with Crippen LogP contribution in [0.4, 0.5) is 0 Å². The lowest BCUT2D eigenvalue weighted by Gasteiger charge is -2.25. The molecule has 1 fully saturated rings. The number of esters is 1. The average Bonchev–Trinajstić information content (AvgIpc) is 3.05. The van der Waals surface area contributed by atoms with Crippen molar-refractivity contribution in [3.05, 3.63) is 33.8 Å². The molecule has 0 bridgehead atoms. The first-order chi connectivity index (χ1) is 11.0. The molecule has 2 aliphatic rings. The Balaban J connectivity index is 1.74. The van der Waals surface area contributed by atoms with Crippen molar-refractivity contribution in [1.29, 1.82) is 0 Å². The van der Waals surface area contributed by atoms with Crippen LogP contribution in [0.25, 0.3) is 0 Å². The number of ether oxygens (including phenoxy) is 1. The van der Waals surface area contributed by atoms with Crippen LogP contribution in [0.2, 0.25) is 10.0 Å². The zero-order valence-corrected chi connectivity index (χ0v) is 14.7. The van der Waals surface area contributed by atoms with Gasteiger partial charge in [-0.3, -0.25) is 0 Å². The third-order valence-corrected chi connectivity index (χ3v) is 5.33. The van der Waals surface area contributed by atoms with E-state index in [4.69, 9.17) is 32.8 Å². The Morgan fingerprint density at radius 2 is 2.13 bits per heavy atom. The molecule has 0 radical (unpaired) electrons. The molecule has 0 spiro atoms. The lowest BCUT2D eigenvalue weighted by atomic mass is 9.83.